The van der Waals surface area contributed by atoms with Gasteiger partial charge in [-0.05, 0) is 17.7 Å². The van der Waals surface area contributed by atoms with Crippen LogP contribution in [0.4, 0.5) is 0 Å². The number of aromatic nitrogens is 1. The number of nitrogens with one attached hydrogen (secondary N) is 1. The number of benzene rings is 1. The van der Waals surface area contributed by atoms with Crippen molar-refractivity contribution >= 4 is 11.1 Å². The van der Waals surface area contributed by atoms with Gasteiger partial charge in [0.15, 0.2) is 5.58 Å². The van der Waals surface area contributed by atoms with Crippen LogP contribution in [0, 0.1) is 0 Å². The van der Waals surface area contributed by atoms with Gasteiger partial charge in [-0.3, -0.25) is 0 Å². The van der Waals surface area contributed by atoms with Crippen LogP contribution < -0.4 is 5.73 Å². The predicted molar refractivity (Wildman–Crippen MR) is 38.5 cm³/mol. The topological polar surface area (TPSA) is 55.0 Å². The van der Waals surface area contributed by atoms with E-state index in [2.05, 4.69) is 5.16 Å². The van der Waals surface area contributed by atoms with Crippen LogP contribution in [0.2, 0.25) is 0 Å². The van der Waals surface area contributed by atoms with E-state index in [0.29, 0.717) is 6.54 Å². The highest BCUT2D eigenvalue weighted by Crippen LogP contribution is 2.14. The zero-order chi connectivity index (χ0) is 6.97. The Morgan fingerprint density at radius 3 is 2.90 bits per heavy atom. The van der Waals surface area contributed by atoms with Crippen molar-refractivity contribution in [1.29, 1.82) is 0 Å². The predicted octanol–water partition coefficient (Wildman–Crippen LogP) is 1.22. The molecule has 0 atom stereocenters. The first-order valence-corrected chi connectivity index (χ1v) is 3.16. The molecule has 2 rings (SSSR count). The van der Waals surface area contributed by atoms with E-state index in [9.17, 15) is 0 Å². The van der Waals surface area contributed by atoms with Gasteiger partial charge in [0.1, 0.15) is 5.52 Å². The molecule has 0 saturated carbocycles. The minimum atomic E-state index is 0.566. The molecule has 52 valence electrons. The number of rotatable bonds is 1. The van der Waals surface area contributed by atoms with Crippen LogP contribution in [0.1, 0.15) is 5.56 Å². The minimum Gasteiger partial charge on any atom is -0.380 e. The highest BCUT2D eigenvalue weighted by atomic mass is 16.5. The minimum absolute atomic E-state index is 0.566. The summed E-state index contributed by atoms with van der Waals surface area (Å²) < 4.78 is 4.91. The number of aromatic amines is 1. The third kappa shape index (κ3) is 0.642. The second-order valence-corrected chi connectivity index (χ2v) is 2.24. The average molecular weight is 136 g/mol. The van der Waals surface area contributed by atoms with Crippen molar-refractivity contribution in [3.63, 3.8) is 0 Å². The lowest BCUT2D eigenvalue weighted by molar-refractivity contribution is 0.424. The molecule has 0 radical (unpaired) electrons. The van der Waals surface area contributed by atoms with Gasteiger partial charge in [0.05, 0.1) is 0 Å². The Bertz CT molecular complexity index is 334. The molecule has 0 aliphatic rings. The zero-order valence-corrected chi connectivity index (χ0v) is 5.42. The molecule has 3 heteroatoms. The molecule has 0 aliphatic carbocycles. The summed E-state index contributed by atoms with van der Waals surface area (Å²) in [5, 5.41) is 2.70. The van der Waals surface area contributed by atoms with Crippen LogP contribution in [-0.4, -0.2) is 5.16 Å². The lowest BCUT2D eigenvalue weighted by atomic mass is 10.2. The first kappa shape index (κ1) is 5.56. The van der Waals surface area contributed by atoms with Gasteiger partial charge in [-0.25, -0.2) is 5.16 Å². The molecule has 0 bridgehead atoms. The molecular formula is C7H8N2O. The Morgan fingerprint density at radius 2 is 2.40 bits per heavy atom. The maximum Gasteiger partial charge on any atom is 0.181 e. The van der Waals surface area contributed by atoms with Crippen LogP contribution >= 0.6 is 0 Å². The molecule has 10 heavy (non-hydrogen) atoms. The van der Waals surface area contributed by atoms with E-state index in [-0.39, 0.29) is 0 Å². The maximum atomic E-state index is 5.42. The standard InChI is InChI=1S/C7H8N2O/c8-4-5-1-2-6-7(3-5)10-9-6/h1-3,9H,4,8H2. The SMILES string of the molecule is NCc1ccc2[nH]oc2c1. The smallest absolute Gasteiger partial charge is 0.181 e. The summed E-state index contributed by atoms with van der Waals surface area (Å²) in [5.41, 5.74) is 8.45. The molecular weight excluding hydrogens is 128 g/mol. The molecule has 0 unspecified atom stereocenters. The summed E-state index contributed by atoms with van der Waals surface area (Å²) in [6.07, 6.45) is 0. The van der Waals surface area contributed by atoms with Gasteiger partial charge in [0, 0.05) is 6.54 Å². The molecule has 0 amide bonds. The number of nitrogens with two attached hydrogens (primary N) is 1. The van der Waals surface area contributed by atoms with E-state index in [4.69, 9.17) is 10.3 Å². The van der Waals surface area contributed by atoms with Crippen LogP contribution in [0.3, 0.4) is 0 Å². The van der Waals surface area contributed by atoms with Gasteiger partial charge >= 0.3 is 0 Å². The van der Waals surface area contributed by atoms with Gasteiger partial charge in [0.25, 0.3) is 0 Å². The summed E-state index contributed by atoms with van der Waals surface area (Å²) >= 11 is 0. The second-order valence-electron chi connectivity index (χ2n) is 2.24. The Hall–Kier alpha value is -1.22. The molecule has 0 spiro atoms. The molecule has 2 aromatic rings. The van der Waals surface area contributed by atoms with E-state index in [1.807, 2.05) is 18.2 Å². The summed E-state index contributed by atoms with van der Waals surface area (Å²) in [6, 6.07) is 5.88. The van der Waals surface area contributed by atoms with Gasteiger partial charge in [-0.2, -0.15) is 0 Å². The summed E-state index contributed by atoms with van der Waals surface area (Å²) in [4.78, 5) is 0. The summed E-state index contributed by atoms with van der Waals surface area (Å²) in [6.45, 7) is 0.566. The normalized spacial score (nSPS) is 10.9. The summed E-state index contributed by atoms with van der Waals surface area (Å²) in [5.74, 6) is 0. The number of hydrogen-bond donors (Lipinski definition) is 2. The highest BCUT2D eigenvalue weighted by Gasteiger charge is 1.99. The number of fused-ring (bicyclic) bond motifs is 1. The lowest BCUT2D eigenvalue weighted by Crippen LogP contribution is -1.96. The Labute approximate surface area is 57.8 Å². The molecule has 3 nitrogen and oxygen atoms in total. The van der Waals surface area contributed by atoms with E-state index in [0.717, 1.165) is 16.7 Å². The third-order valence-corrected chi connectivity index (χ3v) is 1.55. The Morgan fingerprint density at radius 1 is 1.50 bits per heavy atom. The van der Waals surface area contributed by atoms with Crippen molar-refractivity contribution in [3.05, 3.63) is 23.8 Å². The van der Waals surface area contributed by atoms with Crippen molar-refractivity contribution in [1.82, 2.24) is 5.16 Å². The molecule has 0 aliphatic heterocycles. The first-order chi connectivity index (χ1) is 4.90. The monoisotopic (exact) mass is 136 g/mol. The van der Waals surface area contributed by atoms with Gasteiger partial charge < -0.3 is 10.3 Å². The molecule has 0 fully saturated rings. The Kier molecular flexibility index (Phi) is 1.05. The fourth-order valence-electron chi connectivity index (χ4n) is 0.926. The molecule has 1 aromatic carbocycles. The van der Waals surface area contributed by atoms with Crippen LogP contribution in [0.5, 0.6) is 0 Å². The van der Waals surface area contributed by atoms with Crippen molar-refractivity contribution in [2.75, 3.05) is 0 Å². The number of hydrogen-bond acceptors (Lipinski definition) is 2. The fraction of sp³-hybridized carbons (Fsp3) is 0.143. The van der Waals surface area contributed by atoms with E-state index in [1.165, 1.54) is 0 Å². The third-order valence-electron chi connectivity index (χ3n) is 1.55. The van der Waals surface area contributed by atoms with Crippen molar-refractivity contribution < 1.29 is 4.52 Å². The Balaban J connectivity index is 2.57. The molecule has 3 N–H and O–H groups in total. The molecule has 1 aromatic heterocycles. The van der Waals surface area contributed by atoms with Crippen molar-refractivity contribution in [2.45, 2.75) is 6.54 Å². The van der Waals surface area contributed by atoms with Crippen LogP contribution in [0.25, 0.3) is 11.1 Å². The largest absolute Gasteiger partial charge is 0.380 e. The zero-order valence-electron chi connectivity index (χ0n) is 5.42. The highest BCUT2D eigenvalue weighted by molar-refractivity contribution is 5.73. The lowest BCUT2D eigenvalue weighted by Gasteiger charge is -2.01. The van der Waals surface area contributed by atoms with Gasteiger partial charge in [0.2, 0.25) is 0 Å². The quantitative estimate of drug-likeness (QED) is 0.619. The fourth-order valence-corrected chi connectivity index (χ4v) is 0.926. The van der Waals surface area contributed by atoms with Crippen molar-refractivity contribution in [2.24, 2.45) is 5.73 Å². The van der Waals surface area contributed by atoms with E-state index in [1.54, 1.807) is 0 Å². The maximum absolute atomic E-state index is 5.42. The van der Waals surface area contributed by atoms with Crippen LogP contribution in [-0.2, 0) is 6.54 Å². The van der Waals surface area contributed by atoms with E-state index >= 15 is 0 Å². The van der Waals surface area contributed by atoms with E-state index < -0.39 is 0 Å². The van der Waals surface area contributed by atoms with Crippen LogP contribution in [0.15, 0.2) is 22.7 Å². The average Bonchev–Trinajstić information content (AvgIpc) is 1.92. The van der Waals surface area contributed by atoms with Gasteiger partial charge in [-0.1, -0.05) is 6.07 Å². The van der Waals surface area contributed by atoms with Crippen molar-refractivity contribution in [3.8, 4) is 0 Å². The summed E-state index contributed by atoms with van der Waals surface area (Å²) in [7, 11) is 0. The van der Waals surface area contributed by atoms with Gasteiger partial charge in [-0.15, -0.1) is 0 Å². The molecule has 0 saturated heterocycles. The first-order valence-electron chi connectivity index (χ1n) is 3.16. The molecule has 1 heterocycles. The number of H-pyrrole nitrogens is 1. The second kappa shape index (κ2) is 1.88.